The summed E-state index contributed by atoms with van der Waals surface area (Å²) in [5, 5.41) is 0. The van der Waals surface area contributed by atoms with E-state index in [1.807, 2.05) is 30.3 Å². The Labute approximate surface area is 118 Å². The molecule has 2 aromatic carbocycles. The van der Waals surface area contributed by atoms with Gasteiger partial charge in [0.1, 0.15) is 0 Å². The van der Waals surface area contributed by atoms with E-state index in [1.165, 1.54) is 0 Å². The highest BCUT2D eigenvalue weighted by Gasteiger charge is 2.15. The number of carbonyl (C=O) groups excluding carboxylic acids is 1. The first-order chi connectivity index (χ1) is 9.57. The smallest absolute Gasteiger partial charge is 0.264 e. The molecule has 4 nitrogen and oxygen atoms in total. The predicted molar refractivity (Wildman–Crippen MR) is 77.8 cm³/mol. The van der Waals surface area contributed by atoms with Crippen molar-refractivity contribution in [3.8, 4) is 0 Å². The predicted octanol–water partition coefficient (Wildman–Crippen LogP) is 1.99. The largest absolute Gasteiger partial charge is 0.268 e. The summed E-state index contributed by atoms with van der Waals surface area (Å²) in [5.41, 5.74) is 1.25. The number of amides is 1. The second kappa shape index (κ2) is 6.34. The van der Waals surface area contributed by atoms with Crippen LogP contribution in [0.2, 0.25) is 0 Å². The van der Waals surface area contributed by atoms with Crippen molar-refractivity contribution in [3.63, 3.8) is 0 Å². The molecule has 2 rings (SSSR count). The van der Waals surface area contributed by atoms with E-state index < -0.39 is 15.9 Å². The molecule has 0 spiro atoms. The van der Waals surface area contributed by atoms with E-state index in [-0.39, 0.29) is 5.75 Å². The van der Waals surface area contributed by atoms with Crippen LogP contribution in [-0.4, -0.2) is 20.1 Å². The maximum atomic E-state index is 11.9. The van der Waals surface area contributed by atoms with Crippen LogP contribution >= 0.6 is 0 Å². The minimum Gasteiger partial charge on any atom is -0.268 e. The number of aryl methyl sites for hydroxylation is 1. The first-order valence-corrected chi connectivity index (χ1v) is 7.86. The first kappa shape index (κ1) is 14.3. The van der Waals surface area contributed by atoms with Crippen molar-refractivity contribution in [2.75, 3.05) is 5.75 Å². The van der Waals surface area contributed by atoms with Gasteiger partial charge in [-0.25, -0.2) is 13.1 Å². The van der Waals surface area contributed by atoms with Crippen molar-refractivity contribution in [1.29, 1.82) is 0 Å². The zero-order chi connectivity index (χ0) is 14.4. The van der Waals surface area contributed by atoms with Gasteiger partial charge in [0.25, 0.3) is 5.91 Å². The highest BCUT2D eigenvalue weighted by Crippen LogP contribution is 2.03. The lowest BCUT2D eigenvalue weighted by atomic mass is 10.2. The summed E-state index contributed by atoms with van der Waals surface area (Å²) in [5.74, 6) is -0.714. The molecule has 0 fully saturated rings. The molecule has 0 aliphatic rings. The van der Waals surface area contributed by atoms with E-state index in [9.17, 15) is 13.2 Å². The molecular formula is C15H15NO3S. The second-order valence-electron chi connectivity index (χ2n) is 4.35. The molecule has 0 heterocycles. The lowest BCUT2D eigenvalue weighted by molar-refractivity contribution is 0.0981. The van der Waals surface area contributed by atoms with Crippen LogP contribution in [0, 0.1) is 0 Å². The third-order valence-electron chi connectivity index (χ3n) is 2.79. The zero-order valence-electron chi connectivity index (χ0n) is 10.8. The molecule has 0 bridgehead atoms. The minimum atomic E-state index is -3.63. The highest BCUT2D eigenvalue weighted by atomic mass is 32.2. The normalized spacial score (nSPS) is 11.0. The van der Waals surface area contributed by atoms with Crippen molar-refractivity contribution in [2.45, 2.75) is 6.42 Å². The summed E-state index contributed by atoms with van der Waals surface area (Å²) in [6.07, 6.45) is 0.373. The third-order valence-corrected chi connectivity index (χ3v) is 4.02. The molecule has 1 amide bonds. The van der Waals surface area contributed by atoms with Crippen LogP contribution in [0.1, 0.15) is 15.9 Å². The summed E-state index contributed by atoms with van der Waals surface area (Å²) >= 11 is 0. The van der Waals surface area contributed by atoms with Gasteiger partial charge in [0, 0.05) is 5.56 Å². The van der Waals surface area contributed by atoms with Gasteiger partial charge in [0.05, 0.1) is 5.75 Å². The van der Waals surface area contributed by atoms with Gasteiger partial charge in [-0.05, 0) is 24.1 Å². The molecule has 0 saturated heterocycles. The van der Waals surface area contributed by atoms with Crippen LogP contribution in [-0.2, 0) is 16.4 Å². The van der Waals surface area contributed by atoms with Crippen molar-refractivity contribution < 1.29 is 13.2 Å². The van der Waals surface area contributed by atoms with Gasteiger partial charge >= 0.3 is 0 Å². The fourth-order valence-corrected chi connectivity index (χ4v) is 2.74. The topological polar surface area (TPSA) is 63.2 Å². The van der Waals surface area contributed by atoms with Gasteiger partial charge < -0.3 is 0 Å². The Morgan fingerprint density at radius 2 is 1.45 bits per heavy atom. The van der Waals surface area contributed by atoms with E-state index in [0.29, 0.717) is 12.0 Å². The Balaban J connectivity index is 1.96. The second-order valence-corrected chi connectivity index (χ2v) is 6.19. The average molecular weight is 289 g/mol. The first-order valence-electron chi connectivity index (χ1n) is 6.21. The number of rotatable bonds is 5. The van der Waals surface area contributed by atoms with E-state index in [1.54, 1.807) is 30.3 Å². The van der Waals surface area contributed by atoms with Crippen LogP contribution in [0.5, 0.6) is 0 Å². The van der Waals surface area contributed by atoms with Gasteiger partial charge in [-0.3, -0.25) is 4.79 Å². The number of hydrogen-bond donors (Lipinski definition) is 1. The SMILES string of the molecule is O=C(NS(=O)(=O)CCc1ccccc1)c1ccccc1. The number of benzene rings is 2. The number of hydrogen-bond acceptors (Lipinski definition) is 3. The Morgan fingerprint density at radius 1 is 0.900 bits per heavy atom. The maximum absolute atomic E-state index is 11.9. The van der Waals surface area contributed by atoms with E-state index in [4.69, 9.17) is 0 Å². The number of nitrogens with one attached hydrogen (secondary N) is 1. The fourth-order valence-electron chi connectivity index (χ4n) is 1.74. The van der Waals surface area contributed by atoms with Crippen LogP contribution in [0.4, 0.5) is 0 Å². The van der Waals surface area contributed by atoms with Crippen LogP contribution in [0.15, 0.2) is 60.7 Å². The van der Waals surface area contributed by atoms with E-state index in [0.717, 1.165) is 5.56 Å². The van der Waals surface area contributed by atoms with Crippen LogP contribution < -0.4 is 4.72 Å². The lowest BCUT2D eigenvalue weighted by Gasteiger charge is -2.07. The molecule has 0 radical (unpaired) electrons. The summed E-state index contributed by atoms with van der Waals surface area (Å²) in [6, 6.07) is 17.6. The Bertz CT molecular complexity index is 667. The molecule has 0 aliphatic carbocycles. The molecule has 5 heteroatoms. The molecule has 0 atom stereocenters. The van der Waals surface area contributed by atoms with Gasteiger partial charge in [-0.1, -0.05) is 48.5 Å². The van der Waals surface area contributed by atoms with Crippen molar-refractivity contribution in [3.05, 3.63) is 71.8 Å². The summed E-state index contributed by atoms with van der Waals surface area (Å²) < 4.78 is 25.8. The maximum Gasteiger partial charge on any atom is 0.264 e. The lowest BCUT2D eigenvalue weighted by Crippen LogP contribution is -2.33. The van der Waals surface area contributed by atoms with Crippen LogP contribution in [0.25, 0.3) is 0 Å². The Hall–Kier alpha value is -2.14. The molecular weight excluding hydrogens is 274 g/mol. The number of sulfonamides is 1. The standard InChI is InChI=1S/C15H15NO3S/c17-15(14-9-5-2-6-10-14)16-20(18,19)12-11-13-7-3-1-4-8-13/h1-10H,11-12H2,(H,16,17). The summed E-state index contributed by atoms with van der Waals surface area (Å²) in [7, 11) is -3.63. The molecule has 20 heavy (non-hydrogen) atoms. The van der Waals surface area contributed by atoms with Crippen molar-refractivity contribution in [2.24, 2.45) is 0 Å². The molecule has 0 saturated carbocycles. The molecule has 104 valence electrons. The Kier molecular flexibility index (Phi) is 4.53. The Morgan fingerprint density at radius 3 is 2.05 bits per heavy atom. The quantitative estimate of drug-likeness (QED) is 0.915. The molecule has 1 N–H and O–H groups in total. The molecule has 0 aliphatic heterocycles. The number of carbonyl (C=O) groups is 1. The minimum absolute atomic E-state index is 0.115. The van der Waals surface area contributed by atoms with E-state index >= 15 is 0 Å². The average Bonchev–Trinajstić information content (AvgIpc) is 2.47. The summed E-state index contributed by atoms with van der Waals surface area (Å²) in [6.45, 7) is 0. The van der Waals surface area contributed by atoms with Crippen LogP contribution in [0.3, 0.4) is 0 Å². The van der Waals surface area contributed by atoms with E-state index in [2.05, 4.69) is 4.72 Å². The van der Waals surface area contributed by atoms with Gasteiger partial charge in [0.2, 0.25) is 10.0 Å². The highest BCUT2D eigenvalue weighted by molar-refractivity contribution is 7.90. The van der Waals surface area contributed by atoms with Gasteiger partial charge in [-0.2, -0.15) is 0 Å². The van der Waals surface area contributed by atoms with Crippen molar-refractivity contribution in [1.82, 2.24) is 4.72 Å². The molecule has 0 unspecified atom stereocenters. The zero-order valence-corrected chi connectivity index (χ0v) is 11.6. The fraction of sp³-hybridized carbons (Fsp3) is 0.133. The molecule has 0 aromatic heterocycles. The summed E-state index contributed by atoms with van der Waals surface area (Å²) in [4.78, 5) is 11.8. The van der Waals surface area contributed by atoms with Crippen molar-refractivity contribution >= 4 is 15.9 Å². The monoisotopic (exact) mass is 289 g/mol. The third kappa shape index (κ3) is 4.20. The van der Waals surface area contributed by atoms with Gasteiger partial charge in [0.15, 0.2) is 0 Å². The molecule has 2 aromatic rings. The van der Waals surface area contributed by atoms with Gasteiger partial charge in [-0.15, -0.1) is 0 Å².